The fraction of sp³-hybridized carbons (Fsp3) is 0.188. The highest BCUT2D eigenvalue weighted by Gasteiger charge is 2.18. The zero-order valence-corrected chi connectivity index (χ0v) is 12.7. The van der Waals surface area contributed by atoms with Crippen molar-refractivity contribution in [3.8, 4) is 5.69 Å². The molecule has 0 radical (unpaired) electrons. The zero-order valence-electron chi connectivity index (χ0n) is 11.9. The Balaban J connectivity index is 1.79. The molecule has 0 spiro atoms. The molecule has 1 atom stereocenters. The second-order valence-corrected chi connectivity index (χ2v) is 5.78. The first-order valence-corrected chi connectivity index (χ1v) is 7.61. The minimum absolute atomic E-state index is 0.0877. The van der Waals surface area contributed by atoms with E-state index in [1.54, 1.807) is 0 Å². The first kappa shape index (κ1) is 13.7. The van der Waals surface area contributed by atoms with Crippen LogP contribution in [0.15, 0.2) is 52.5 Å². The summed E-state index contributed by atoms with van der Waals surface area (Å²) >= 11 is 1.43. The third-order valence-corrected chi connectivity index (χ3v) is 4.17. The second-order valence-electron chi connectivity index (χ2n) is 4.87. The van der Waals surface area contributed by atoms with Crippen LogP contribution in [0.5, 0.6) is 0 Å². The summed E-state index contributed by atoms with van der Waals surface area (Å²) in [5.74, 6) is 1.52. The van der Waals surface area contributed by atoms with Gasteiger partial charge in [-0.3, -0.25) is 4.79 Å². The molecule has 108 valence electrons. The van der Waals surface area contributed by atoms with Crippen LogP contribution in [0.25, 0.3) is 5.69 Å². The summed E-state index contributed by atoms with van der Waals surface area (Å²) in [5, 5.41) is 4.90. The van der Waals surface area contributed by atoms with E-state index in [9.17, 15) is 4.79 Å². The van der Waals surface area contributed by atoms with Crippen molar-refractivity contribution in [3.05, 3.63) is 64.5 Å². The van der Waals surface area contributed by atoms with Crippen LogP contribution in [-0.4, -0.2) is 10.5 Å². The Labute approximate surface area is 127 Å². The van der Waals surface area contributed by atoms with Crippen LogP contribution in [0.3, 0.4) is 0 Å². The van der Waals surface area contributed by atoms with Gasteiger partial charge in [0.15, 0.2) is 0 Å². The number of carbonyl (C=O) groups is 1. The van der Waals surface area contributed by atoms with Crippen molar-refractivity contribution < 1.29 is 9.21 Å². The Bertz CT molecular complexity index is 740. The van der Waals surface area contributed by atoms with Crippen molar-refractivity contribution in [2.45, 2.75) is 19.9 Å². The lowest BCUT2D eigenvalue weighted by Crippen LogP contribution is -2.26. The number of hydrogen-bond donors (Lipinski definition) is 1. The van der Waals surface area contributed by atoms with Gasteiger partial charge in [0.05, 0.1) is 11.7 Å². The summed E-state index contributed by atoms with van der Waals surface area (Å²) in [7, 11) is 0. The van der Waals surface area contributed by atoms with Crippen LogP contribution in [-0.2, 0) is 0 Å². The average molecular weight is 300 g/mol. The number of carbonyl (C=O) groups excluding carboxylic acids is 1. The molecule has 3 rings (SSSR count). The first-order valence-electron chi connectivity index (χ1n) is 6.73. The summed E-state index contributed by atoms with van der Waals surface area (Å²) in [6, 6.07) is 9.45. The van der Waals surface area contributed by atoms with E-state index in [1.807, 2.05) is 66.5 Å². The maximum absolute atomic E-state index is 12.5. The van der Waals surface area contributed by atoms with Crippen LogP contribution < -0.4 is 5.32 Å². The van der Waals surface area contributed by atoms with Gasteiger partial charge < -0.3 is 14.3 Å². The lowest BCUT2D eigenvalue weighted by Gasteiger charge is -2.12. The molecular weight excluding hydrogens is 284 g/mol. The number of thiophene rings is 1. The van der Waals surface area contributed by atoms with Crippen molar-refractivity contribution in [1.82, 2.24) is 9.88 Å². The van der Waals surface area contributed by atoms with E-state index in [0.717, 1.165) is 17.2 Å². The summed E-state index contributed by atoms with van der Waals surface area (Å²) < 4.78 is 7.49. The number of aryl methyl sites for hydroxylation is 1. The highest BCUT2D eigenvalue weighted by molar-refractivity contribution is 7.12. The van der Waals surface area contributed by atoms with Gasteiger partial charge in [-0.2, -0.15) is 0 Å². The van der Waals surface area contributed by atoms with E-state index in [4.69, 9.17) is 4.42 Å². The standard InChI is InChI=1S/C16H16N2O2S/c1-11-5-6-14(20-11)12(2)17-16(19)15-13(7-10-21-15)18-8-3-4-9-18/h3-10,12H,1-2H3,(H,17,19). The number of nitrogens with one attached hydrogen (secondary N) is 1. The van der Waals surface area contributed by atoms with E-state index in [-0.39, 0.29) is 11.9 Å². The van der Waals surface area contributed by atoms with Crippen LogP contribution in [0.2, 0.25) is 0 Å². The molecule has 3 heterocycles. The van der Waals surface area contributed by atoms with Gasteiger partial charge in [-0.15, -0.1) is 11.3 Å². The molecule has 0 saturated heterocycles. The number of amides is 1. The highest BCUT2D eigenvalue weighted by atomic mass is 32.1. The molecule has 4 nitrogen and oxygen atoms in total. The maximum atomic E-state index is 12.5. The third kappa shape index (κ3) is 2.78. The molecule has 0 aliphatic rings. The molecule has 3 aromatic rings. The van der Waals surface area contributed by atoms with Crippen molar-refractivity contribution in [2.75, 3.05) is 0 Å². The summed E-state index contributed by atoms with van der Waals surface area (Å²) in [4.78, 5) is 13.2. The first-order chi connectivity index (χ1) is 10.1. The Morgan fingerprint density at radius 3 is 2.71 bits per heavy atom. The summed E-state index contributed by atoms with van der Waals surface area (Å²) in [6.07, 6.45) is 3.86. The molecule has 0 aliphatic heterocycles. The van der Waals surface area contributed by atoms with Gasteiger partial charge in [-0.1, -0.05) is 0 Å². The van der Waals surface area contributed by atoms with E-state index in [2.05, 4.69) is 5.32 Å². The molecule has 3 aromatic heterocycles. The SMILES string of the molecule is Cc1ccc(C(C)NC(=O)c2sccc2-n2cccc2)o1. The monoisotopic (exact) mass is 300 g/mol. The van der Waals surface area contributed by atoms with E-state index in [1.165, 1.54) is 11.3 Å². The molecule has 0 aromatic carbocycles. The molecule has 1 unspecified atom stereocenters. The lowest BCUT2D eigenvalue weighted by molar-refractivity contribution is 0.0939. The molecule has 0 aliphatic carbocycles. The number of aromatic nitrogens is 1. The molecular formula is C16H16N2O2S. The largest absolute Gasteiger partial charge is 0.464 e. The molecule has 0 saturated carbocycles. The van der Waals surface area contributed by atoms with Crippen molar-refractivity contribution in [2.24, 2.45) is 0 Å². The van der Waals surface area contributed by atoms with Crippen LogP contribution in [0.4, 0.5) is 0 Å². The maximum Gasteiger partial charge on any atom is 0.264 e. The minimum Gasteiger partial charge on any atom is -0.464 e. The highest BCUT2D eigenvalue weighted by Crippen LogP contribution is 2.23. The topological polar surface area (TPSA) is 47.2 Å². The zero-order chi connectivity index (χ0) is 14.8. The smallest absolute Gasteiger partial charge is 0.264 e. The second kappa shape index (κ2) is 5.61. The molecule has 1 N–H and O–H groups in total. The molecule has 0 bridgehead atoms. The molecule has 0 fully saturated rings. The van der Waals surface area contributed by atoms with Crippen molar-refractivity contribution in [3.63, 3.8) is 0 Å². The van der Waals surface area contributed by atoms with Gasteiger partial charge in [-0.25, -0.2) is 0 Å². The van der Waals surface area contributed by atoms with Crippen molar-refractivity contribution >= 4 is 17.2 Å². The lowest BCUT2D eigenvalue weighted by atomic mass is 10.2. The van der Waals surface area contributed by atoms with Gasteiger partial charge in [0.25, 0.3) is 5.91 Å². The Hall–Kier alpha value is -2.27. The minimum atomic E-state index is -0.161. The Morgan fingerprint density at radius 1 is 1.29 bits per heavy atom. The van der Waals surface area contributed by atoms with Gasteiger partial charge >= 0.3 is 0 Å². The molecule has 21 heavy (non-hydrogen) atoms. The number of nitrogens with zero attached hydrogens (tertiary/aromatic N) is 1. The van der Waals surface area contributed by atoms with Crippen LogP contribution in [0, 0.1) is 6.92 Å². The normalized spacial score (nSPS) is 12.3. The van der Waals surface area contributed by atoms with Gasteiger partial charge in [-0.05, 0) is 49.6 Å². The fourth-order valence-corrected chi connectivity index (χ4v) is 2.98. The van der Waals surface area contributed by atoms with Crippen molar-refractivity contribution in [1.29, 1.82) is 0 Å². The van der Waals surface area contributed by atoms with Crippen LogP contribution in [0.1, 0.15) is 34.2 Å². The Kier molecular flexibility index (Phi) is 3.66. The molecule has 1 amide bonds. The van der Waals surface area contributed by atoms with Gasteiger partial charge in [0.2, 0.25) is 0 Å². The average Bonchev–Trinajstić information content (AvgIpc) is 3.19. The van der Waals surface area contributed by atoms with E-state index < -0.39 is 0 Å². The Morgan fingerprint density at radius 2 is 2.05 bits per heavy atom. The molecule has 5 heteroatoms. The summed E-state index contributed by atoms with van der Waals surface area (Å²) in [6.45, 7) is 3.81. The number of rotatable bonds is 4. The summed E-state index contributed by atoms with van der Waals surface area (Å²) in [5.41, 5.74) is 0.894. The van der Waals surface area contributed by atoms with Gasteiger partial charge in [0.1, 0.15) is 16.4 Å². The number of hydrogen-bond acceptors (Lipinski definition) is 3. The fourth-order valence-electron chi connectivity index (χ4n) is 2.19. The number of furan rings is 1. The predicted molar refractivity (Wildman–Crippen MR) is 83.0 cm³/mol. The van der Waals surface area contributed by atoms with E-state index >= 15 is 0 Å². The van der Waals surface area contributed by atoms with E-state index in [0.29, 0.717) is 4.88 Å². The quantitative estimate of drug-likeness (QED) is 0.793. The third-order valence-electron chi connectivity index (χ3n) is 3.27. The van der Waals surface area contributed by atoms with Crippen LogP contribution >= 0.6 is 11.3 Å². The van der Waals surface area contributed by atoms with Gasteiger partial charge in [0, 0.05) is 12.4 Å². The predicted octanol–water partition coefficient (Wildman–Crippen LogP) is 3.93.